The number of carbonyl (C=O) groups excluding carboxylic acids is 8. The second-order valence-corrected chi connectivity index (χ2v) is 30.0. The van der Waals surface area contributed by atoms with E-state index in [0.29, 0.717) is 41.5 Å². The van der Waals surface area contributed by atoms with Gasteiger partial charge in [0.15, 0.2) is 0 Å². The zero-order valence-electron chi connectivity index (χ0n) is 68.2. The van der Waals surface area contributed by atoms with Crippen molar-refractivity contribution in [3.63, 3.8) is 0 Å². The van der Waals surface area contributed by atoms with E-state index < -0.39 is 29.4 Å². The topological polar surface area (TPSA) is 213 Å². The summed E-state index contributed by atoms with van der Waals surface area (Å²) in [5, 5.41) is 10.9. The third-order valence-electron chi connectivity index (χ3n) is 17.7. The van der Waals surface area contributed by atoms with Crippen LogP contribution in [0.5, 0.6) is 0 Å². The van der Waals surface area contributed by atoms with Gasteiger partial charge >= 0.3 is 18.3 Å². The van der Waals surface area contributed by atoms with Gasteiger partial charge in [-0.1, -0.05) is 121 Å². The van der Waals surface area contributed by atoms with E-state index in [1.807, 2.05) is 69.2 Å². The van der Waals surface area contributed by atoms with Crippen LogP contribution in [0, 0.1) is 41.4 Å². The van der Waals surface area contributed by atoms with Gasteiger partial charge in [0, 0.05) is 145 Å². The van der Waals surface area contributed by atoms with E-state index >= 15 is 0 Å². The molecule has 2 N–H and O–H groups in total. The molecule has 0 aliphatic carbocycles. The van der Waals surface area contributed by atoms with E-state index in [1.165, 1.54) is 96.5 Å². The van der Waals surface area contributed by atoms with Crippen LogP contribution in [0.15, 0.2) is 48.5 Å². The first kappa shape index (κ1) is 103. The van der Waals surface area contributed by atoms with Crippen LogP contribution in [0.2, 0.25) is 0 Å². The Morgan fingerprint density at radius 2 is 0.774 bits per heavy atom. The highest BCUT2D eigenvalue weighted by Gasteiger charge is 2.32. The number of aliphatic hydroxyl groups excluding tert-OH is 1. The Morgan fingerprint density at radius 3 is 1.11 bits per heavy atom. The molecule has 0 aromatic heterocycles. The monoisotopic (exact) mass is 1520 g/mol. The number of likely N-dealkylation sites (N-methyl/N-ethyl adjacent to an activating group) is 1. The maximum atomic E-state index is 12.4. The largest absolute Gasteiger partial charge is 0.469 e. The van der Waals surface area contributed by atoms with Crippen molar-refractivity contribution in [1.29, 1.82) is 0 Å². The molecule has 4 saturated heterocycles. The number of Topliss-reactive ketones (excluding diaryl/α,β-unsaturated/α-hetero) is 6. The SMILES string of the molecule is CC(C)C(=O)CCCCN1CCN(C)CC1.CC(C)C(=O)CCCCN1CCOCC1.CC(C)C(=O)CCCN1CCCC1.CC(C)C(=O)CCCN1CCOCC1.CC(C)C(=O)CCCO.CC(C)C(=O)Cc1cccc(C(F)(F)F)c1.CC(C)NC(=O)c1cccc(C(F)(F)F)c1.COC(=O)C(C)C. The van der Waals surface area contributed by atoms with Crippen LogP contribution in [0.1, 0.15) is 228 Å². The molecule has 6 rings (SSSR count). The Hall–Kier alpha value is -5.34. The van der Waals surface area contributed by atoms with E-state index in [4.69, 9.17) is 14.6 Å². The first-order chi connectivity index (χ1) is 49.7. The Bertz CT molecular complexity index is 2700. The maximum Gasteiger partial charge on any atom is 0.416 e. The summed E-state index contributed by atoms with van der Waals surface area (Å²) in [5.41, 5.74) is -1.09. The van der Waals surface area contributed by atoms with Crippen molar-refractivity contribution in [3.05, 3.63) is 70.8 Å². The minimum atomic E-state index is -4.42. The van der Waals surface area contributed by atoms with Crippen LogP contribution in [0.3, 0.4) is 0 Å². The second kappa shape index (κ2) is 59.5. The lowest BCUT2D eigenvalue weighted by Crippen LogP contribution is -2.44. The van der Waals surface area contributed by atoms with Crippen LogP contribution in [-0.2, 0) is 66.5 Å². The fourth-order valence-electron chi connectivity index (χ4n) is 10.3. The number of alkyl halides is 6. The molecule has 0 radical (unpaired) electrons. The summed E-state index contributed by atoms with van der Waals surface area (Å²) >= 11 is 0. The molecule has 106 heavy (non-hydrogen) atoms. The summed E-state index contributed by atoms with van der Waals surface area (Å²) in [6, 6.07) is 9.14. The highest BCUT2D eigenvalue weighted by Crippen LogP contribution is 2.31. The highest BCUT2D eigenvalue weighted by atomic mass is 19.4. The number of halogens is 6. The van der Waals surface area contributed by atoms with Gasteiger partial charge in [0.1, 0.15) is 34.7 Å². The predicted molar refractivity (Wildman–Crippen MR) is 412 cm³/mol. The molecular weight excluding hydrogens is 1370 g/mol. The van der Waals surface area contributed by atoms with Crippen LogP contribution in [-0.4, -0.2) is 221 Å². The molecule has 2 aromatic carbocycles. The van der Waals surface area contributed by atoms with Crippen molar-refractivity contribution in [2.75, 3.05) is 139 Å². The maximum absolute atomic E-state index is 12.4. The van der Waals surface area contributed by atoms with Crippen molar-refractivity contribution >= 4 is 46.6 Å². The molecule has 612 valence electrons. The number of hydrogen-bond donors (Lipinski definition) is 2. The van der Waals surface area contributed by atoms with Crippen molar-refractivity contribution in [2.24, 2.45) is 41.4 Å². The highest BCUT2D eigenvalue weighted by molar-refractivity contribution is 5.94. The van der Waals surface area contributed by atoms with Crippen LogP contribution in [0.4, 0.5) is 26.3 Å². The number of benzene rings is 2. The number of ether oxygens (including phenoxy) is 3. The Balaban J connectivity index is 0. The molecule has 0 unspecified atom stereocenters. The minimum Gasteiger partial charge on any atom is -0.469 e. The van der Waals surface area contributed by atoms with E-state index in [-0.39, 0.29) is 83.6 Å². The smallest absolute Gasteiger partial charge is 0.416 e. The minimum absolute atomic E-state index is 0.00463. The fourth-order valence-corrected chi connectivity index (χ4v) is 10.3. The number of unbranched alkanes of at least 4 members (excludes halogenated alkanes) is 2. The molecule has 4 fully saturated rings. The van der Waals surface area contributed by atoms with Gasteiger partial charge in [0.25, 0.3) is 5.91 Å². The number of rotatable bonds is 32. The van der Waals surface area contributed by atoms with Crippen molar-refractivity contribution < 1.29 is 84.0 Å². The van der Waals surface area contributed by atoms with Gasteiger partial charge in [-0.05, 0) is 148 Å². The summed E-state index contributed by atoms with van der Waals surface area (Å²) in [4.78, 5) is 101. The number of hydrogen-bond acceptors (Lipinski definition) is 17. The molecule has 0 saturated carbocycles. The molecule has 0 spiro atoms. The van der Waals surface area contributed by atoms with E-state index in [9.17, 15) is 64.7 Å². The number of nitrogens with zero attached hydrogens (tertiary/aromatic N) is 5. The number of piperazine rings is 1. The lowest BCUT2D eigenvalue weighted by atomic mass is 10.00. The average Bonchev–Trinajstić information content (AvgIpc) is 0.899. The van der Waals surface area contributed by atoms with Crippen molar-refractivity contribution in [2.45, 2.75) is 225 Å². The summed E-state index contributed by atoms with van der Waals surface area (Å²) in [5.74, 6) is 1.95. The Morgan fingerprint density at radius 1 is 0.434 bits per heavy atom. The van der Waals surface area contributed by atoms with Crippen LogP contribution >= 0.6 is 0 Å². The van der Waals surface area contributed by atoms with Crippen molar-refractivity contribution in [1.82, 2.24) is 29.8 Å². The molecule has 2 aromatic rings. The number of ketones is 6. The molecule has 4 heterocycles. The van der Waals surface area contributed by atoms with Gasteiger partial charge in [-0.15, -0.1) is 0 Å². The van der Waals surface area contributed by atoms with E-state index in [1.54, 1.807) is 41.5 Å². The van der Waals surface area contributed by atoms with Crippen LogP contribution < -0.4 is 5.32 Å². The predicted octanol–water partition coefficient (Wildman–Crippen LogP) is 14.9. The number of morpholine rings is 2. The van der Waals surface area contributed by atoms with Crippen molar-refractivity contribution in [3.8, 4) is 0 Å². The van der Waals surface area contributed by atoms with E-state index in [2.05, 4.69) is 41.6 Å². The normalized spacial score (nSPS) is 15.3. The first-order valence-corrected chi connectivity index (χ1v) is 38.9. The lowest BCUT2D eigenvalue weighted by molar-refractivity contribution is -0.144. The number of nitrogens with one attached hydrogen (secondary N) is 1. The Labute approximate surface area is 634 Å². The third-order valence-corrected chi connectivity index (χ3v) is 17.7. The van der Waals surface area contributed by atoms with Gasteiger partial charge in [0.05, 0.1) is 50.6 Å². The fraction of sp³-hybridized carbons (Fsp3) is 0.756. The van der Waals surface area contributed by atoms with Crippen LogP contribution in [0.25, 0.3) is 0 Å². The summed E-state index contributed by atoms with van der Waals surface area (Å²) < 4.78 is 89.1. The van der Waals surface area contributed by atoms with Gasteiger partial charge < -0.3 is 39.3 Å². The molecular formula is C82H140F6N6O12. The number of methoxy groups -OCH3 is 1. The summed E-state index contributed by atoms with van der Waals surface area (Å²) in [6.07, 6.45) is 4.58. The average molecular weight is 1520 g/mol. The summed E-state index contributed by atoms with van der Waals surface area (Å²) in [7, 11) is 3.57. The van der Waals surface area contributed by atoms with Gasteiger partial charge in [-0.2, -0.15) is 26.3 Å². The Kier molecular flexibility index (Phi) is 57.7. The lowest BCUT2D eigenvalue weighted by Gasteiger charge is -2.32. The first-order valence-electron chi connectivity index (χ1n) is 38.9. The van der Waals surface area contributed by atoms with Gasteiger partial charge in [-0.25, -0.2) is 0 Å². The molecule has 1 amide bonds. The molecule has 18 nitrogen and oxygen atoms in total. The molecule has 4 aliphatic heterocycles. The molecule has 0 atom stereocenters. The van der Waals surface area contributed by atoms with Gasteiger partial charge in [0.2, 0.25) is 0 Å². The van der Waals surface area contributed by atoms with Gasteiger partial charge in [-0.3, -0.25) is 48.2 Å². The summed E-state index contributed by atoms with van der Waals surface area (Å²) in [6.45, 7) is 49.5. The zero-order valence-corrected chi connectivity index (χ0v) is 68.2. The van der Waals surface area contributed by atoms with E-state index in [0.717, 1.165) is 154 Å². The number of aliphatic hydroxyl groups is 1. The number of likely N-dealkylation sites (tertiary alicyclic amines) is 1. The number of carbonyl (C=O) groups is 8. The number of esters is 1. The molecule has 0 bridgehead atoms. The quantitative estimate of drug-likeness (QED) is 0.0396. The molecule has 4 aliphatic rings. The standard InChI is InChI=1S/C13H26N2O.C12H13F3O.C12H23NO2.C11H12F3NO.C11H21NO2.C11H21NO.C7H14O2.C5H10O2/c1-12(2)13(16)6-4-5-7-15-10-8-14(3)9-11-15;1-8(2)11(16)7-9-4-3-5-10(6-9)12(13,14)15;1-11(2)12(14)5-3-4-6-13-7-9-15-10-8-13;1-7(2)15-10(16)8-4-3-5-9(6-8)11(12,13)14;1-10(2)11(13)4-3-5-12-6-8-14-9-7-12;1-10(2)11(13)6-5-9-12-7-3-4-8-12;1-6(2)7(9)4-3-5-8;1-4(2)5(6)7-3/h12H,4-11H2,1-3H3;3-6,8H,7H2,1-2H3;11H,3-10H2,1-2H3;3-7H,1-2H3,(H,15,16);10H,3-9H2,1-2H3;10H,3-9H2,1-2H3;6,8H,3-5H2,1-2H3;4H,1-3H3. The third kappa shape index (κ3) is 54.3. The molecule has 24 heteroatoms. The second-order valence-electron chi connectivity index (χ2n) is 30.0. The zero-order chi connectivity index (χ0) is 81.0. The number of amides is 1.